The highest BCUT2D eigenvalue weighted by Crippen LogP contribution is 2.36. The lowest BCUT2D eigenvalue weighted by Crippen LogP contribution is -2.47. The second-order valence-electron chi connectivity index (χ2n) is 10.3. The van der Waals surface area contributed by atoms with Crippen molar-refractivity contribution in [2.45, 2.75) is 97.0 Å². The van der Waals surface area contributed by atoms with E-state index in [2.05, 4.69) is 39.9 Å². The minimum Gasteiger partial charge on any atom is -0.467 e. The molecule has 1 aliphatic rings. The van der Waals surface area contributed by atoms with E-state index in [1.54, 1.807) is 0 Å². The zero-order valence-corrected chi connectivity index (χ0v) is 20.9. The summed E-state index contributed by atoms with van der Waals surface area (Å²) in [4.78, 5) is 26.4. The first-order valence-corrected chi connectivity index (χ1v) is 13.5. The number of carbonyl (C=O) groups excluding carboxylic acids is 2. The molecule has 0 saturated heterocycles. The van der Waals surface area contributed by atoms with E-state index in [1.165, 1.54) is 17.6 Å². The molecule has 6 nitrogen and oxygen atoms in total. The number of rotatable bonds is 6. The number of esters is 1. The molecule has 0 aliphatic carbocycles. The fourth-order valence-corrected chi connectivity index (χ4v) is 3.98. The number of nitrogens with zero attached hydrogens (tertiary/aromatic N) is 1. The molecule has 0 fully saturated rings. The Morgan fingerprint density at radius 1 is 1.17 bits per heavy atom. The van der Waals surface area contributed by atoms with Gasteiger partial charge in [0.1, 0.15) is 11.6 Å². The minimum atomic E-state index is -1.73. The van der Waals surface area contributed by atoms with Crippen LogP contribution in [0.25, 0.3) is 0 Å². The molecule has 0 bridgehead atoms. The van der Waals surface area contributed by atoms with E-state index >= 15 is 0 Å². The smallest absolute Gasteiger partial charge is 0.411 e. The Bertz CT molecular complexity index is 601. The number of ether oxygens (including phenoxy) is 2. The minimum absolute atomic E-state index is 0.205. The number of hydrogen-bond donors (Lipinski definition) is 0. The zero-order chi connectivity index (χ0) is 22.5. The van der Waals surface area contributed by atoms with Crippen LogP contribution in [0.5, 0.6) is 0 Å². The molecule has 29 heavy (non-hydrogen) atoms. The Kier molecular flexibility index (Phi) is 8.96. The van der Waals surface area contributed by atoms with E-state index < -0.39 is 32.0 Å². The summed E-state index contributed by atoms with van der Waals surface area (Å²) in [6.45, 7) is 17.9. The molecular weight excluding hydrogens is 386 g/mol. The largest absolute Gasteiger partial charge is 0.467 e. The highest BCUT2D eigenvalue weighted by Gasteiger charge is 2.37. The van der Waals surface area contributed by atoms with E-state index in [4.69, 9.17) is 13.9 Å². The molecule has 0 aromatic carbocycles. The van der Waals surface area contributed by atoms with Crippen molar-refractivity contribution in [3.8, 4) is 0 Å². The van der Waals surface area contributed by atoms with Gasteiger partial charge in [0, 0.05) is 13.2 Å². The van der Waals surface area contributed by atoms with Gasteiger partial charge in [-0.1, -0.05) is 32.4 Å². The normalized spacial score (nSPS) is 18.7. The van der Waals surface area contributed by atoms with Crippen molar-refractivity contribution in [2.75, 3.05) is 20.3 Å². The summed E-state index contributed by atoms with van der Waals surface area (Å²) >= 11 is 0. The van der Waals surface area contributed by atoms with Gasteiger partial charge in [-0.2, -0.15) is 0 Å². The lowest BCUT2D eigenvalue weighted by atomic mass is 10.1. The van der Waals surface area contributed by atoms with Crippen LogP contribution in [0, 0.1) is 0 Å². The van der Waals surface area contributed by atoms with Crippen molar-refractivity contribution in [3.05, 3.63) is 11.6 Å². The van der Waals surface area contributed by atoms with E-state index in [0.29, 0.717) is 13.0 Å². The highest BCUT2D eigenvalue weighted by atomic mass is 28.4. The summed E-state index contributed by atoms with van der Waals surface area (Å²) in [5.74, 6) is -0.408. The quantitative estimate of drug-likeness (QED) is 0.249. The monoisotopic (exact) mass is 427 g/mol. The van der Waals surface area contributed by atoms with Gasteiger partial charge in [0.25, 0.3) is 0 Å². The first-order valence-electron chi connectivity index (χ1n) is 10.6. The molecule has 0 unspecified atom stereocenters. The van der Waals surface area contributed by atoms with Crippen molar-refractivity contribution in [3.63, 3.8) is 0 Å². The van der Waals surface area contributed by atoms with Crippen molar-refractivity contribution in [1.82, 2.24) is 4.90 Å². The second-order valence-corrected chi connectivity index (χ2v) is 15.1. The highest BCUT2D eigenvalue weighted by molar-refractivity contribution is 6.74. The zero-order valence-electron chi connectivity index (χ0n) is 19.9. The predicted octanol–water partition coefficient (Wildman–Crippen LogP) is 5.29. The molecule has 7 heteroatoms. The molecule has 0 saturated carbocycles. The first kappa shape index (κ1) is 25.7. The Morgan fingerprint density at radius 2 is 1.79 bits per heavy atom. The van der Waals surface area contributed by atoms with Crippen molar-refractivity contribution < 1.29 is 23.5 Å². The van der Waals surface area contributed by atoms with Crippen molar-refractivity contribution >= 4 is 20.4 Å². The standard InChI is InChI=1S/C22H41NO5Si/c1-21(2,3)28-20(25)23-15-14-17(12-13-18(23)19(24)26-7)11-10-16-27-29(8,9)22(4,5)6/h12,18H,10-11,13-16H2,1-9H3/t18-/m0/s1. The Balaban J connectivity index is 2.70. The fraction of sp³-hybridized carbons (Fsp3) is 0.818. The van der Waals surface area contributed by atoms with Crippen LogP contribution in [-0.4, -0.2) is 57.2 Å². The van der Waals surface area contributed by atoms with Gasteiger partial charge >= 0.3 is 12.1 Å². The topological polar surface area (TPSA) is 65.1 Å². The lowest BCUT2D eigenvalue weighted by molar-refractivity contribution is -0.146. The van der Waals surface area contributed by atoms with Gasteiger partial charge in [-0.05, 0) is 64.6 Å². The summed E-state index contributed by atoms with van der Waals surface area (Å²) in [6, 6.07) is -0.643. The van der Waals surface area contributed by atoms with Gasteiger partial charge in [0.15, 0.2) is 8.32 Å². The molecule has 1 heterocycles. The summed E-state index contributed by atoms with van der Waals surface area (Å²) < 4.78 is 16.7. The maximum Gasteiger partial charge on any atom is 0.411 e. The van der Waals surface area contributed by atoms with Gasteiger partial charge in [-0.25, -0.2) is 9.59 Å². The van der Waals surface area contributed by atoms with Gasteiger partial charge in [-0.15, -0.1) is 0 Å². The summed E-state index contributed by atoms with van der Waals surface area (Å²) in [7, 11) is -0.381. The summed E-state index contributed by atoms with van der Waals surface area (Å²) in [6.07, 6.45) is 4.64. The lowest BCUT2D eigenvalue weighted by Gasteiger charge is -2.36. The number of amides is 1. The van der Waals surface area contributed by atoms with Crippen LogP contribution < -0.4 is 0 Å². The fourth-order valence-electron chi connectivity index (χ4n) is 2.90. The third kappa shape index (κ3) is 8.13. The Morgan fingerprint density at radius 3 is 2.31 bits per heavy atom. The van der Waals surface area contributed by atoms with Crippen molar-refractivity contribution in [1.29, 1.82) is 0 Å². The maximum absolute atomic E-state index is 12.6. The third-order valence-corrected chi connectivity index (χ3v) is 10.2. The third-order valence-electron chi connectivity index (χ3n) is 5.69. The summed E-state index contributed by atoms with van der Waals surface area (Å²) in [5.41, 5.74) is 0.644. The van der Waals surface area contributed by atoms with E-state index in [-0.39, 0.29) is 5.04 Å². The number of methoxy groups -OCH3 is 1. The van der Waals surface area contributed by atoms with Gasteiger partial charge < -0.3 is 13.9 Å². The van der Waals surface area contributed by atoms with Crippen LogP contribution in [0.2, 0.25) is 18.1 Å². The van der Waals surface area contributed by atoms with Crippen LogP contribution >= 0.6 is 0 Å². The van der Waals surface area contributed by atoms with Crippen LogP contribution in [0.4, 0.5) is 4.79 Å². The van der Waals surface area contributed by atoms with Crippen LogP contribution in [0.3, 0.4) is 0 Å². The van der Waals surface area contributed by atoms with Crippen LogP contribution in [0.1, 0.15) is 67.2 Å². The number of carbonyl (C=O) groups is 2. The van der Waals surface area contributed by atoms with E-state index in [1.807, 2.05) is 20.8 Å². The molecule has 0 aromatic rings. The molecule has 168 valence electrons. The molecule has 0 N–H and O–H groups in total. The molecule has 1 atom stereocenters. The SMILES string of the molecule is COC(=O)[C@@H]1CC=C(CCCO[Si](C)(C)C(C)(C)C)CCN1C(=O)OC(C)(C)C. The van der Waals surface area contributed by atoms with Crippen LogP contribution in [0.15, 0.2) is 11.6 Å². The second kappa shape index (κ2) is 10.1. The molecular formula is C22H41NO5Si. The van der Waals surface area contributed by atoms with Gasteiger partial charge in [-0.3, -0.25) is 4.90 Å². The molecule has 0 spiro atoms. The summed E-state index contributed by atoms with van der Waals surface area (Å²) in [5, 5.41) is 0.205. The Labute approximate surface area is 178 Å². The van der Waals surface area contributed by atoms with E-state index in [9.17, 15) is 9.59 Å². The predicted molar refractivity (Wildman–Crippen MR) is 118 cm³/mol. The first-order chi connectivity index (χ1) is 13.2. The van der Waals surface area contributed by atoms with Gasteiger partial charge in [0.05, 0.1) is 7.11 Å². The average molecular weight is 428 g/mol. The molecule has 1 aliphatic heterocycles. The molecule has 0 aromatic heterocycles. The van der Waals surface area contributed by atoms with Gasteiger partial charge in [0.2, 0.25) is 0 Å². The van der Waals surface area contributed by atoms with Crippen LogP contribution in [-0.2, 0) is 18.7 Å². The maximum atomic E-state index is 12.6. The average Bonchev–Trinajstić information content (AvgIpc) is 2.78. The molecule has 1 rings (SSSR count). The van der Waals surface area contributed by atoms with Crippen molar-refractivity contribution in [2.24, 2.45) is 0 Å². The molecule has 1 amide bonds. The number of hydrogen-bond acceptors (Lipinski definition) is 5. The Hall–Kier alpha value is -1.34. The van der Waals surface area contributed by atoms with E-state index in [0.717, 1.165) is 25.9 Å². The molecule has 0 radical (unpaired) electrons.